The summed E-state index contributed by atoms with van der Waals surface area (Å²) in [5, 5.41) is 2.81. The smallest absolute Gasteiger partial charge is 0.258 e. The van der Waals surface area contributed by atoms with Crippen LogP contribution in [0.1, 0.15) is 20.8 Å². The first kappa shape index (κ1) is 14.2. The summed E-state index contributed by atoms with van der Waals surface area (Å²) in [4.78, 5) is 11.6. The van der Waals surface area contributed by atoms with Gasteiger partial charge in [-0.15, -0.1) is 0 Å². The molecule has 5 heteroatoms. The van der Waals surface area contributed by atoms with Crippen LogP contribution in [0.2, 0.25) is 0 Å². The van der Waals surface area contributed by atoms with Crippen LogP contribution in [0.4, 0.5) is 5.69 Å². The molecule has 0 aliphatic carbocycles. The quantitative estimate of drug-likeness (QED) is 0.798. The Morgan fingerprint density at radius 3 is 2.56 bits per heavy atom. The molecular weight excluding hydrogens is 232 g/mol. The highest BCUT2D eigenvalue weighted by Crippen LogP contribution is 2.28. The molecule has 0 fully saturated rings. The Labute approximate surface area is 107 Å². The molecule has 0 aliphatic rings. The molecule has 1 rings (SSSR count). The zero-order valence-electron chi connectivity index (χ0n) is 11.2. The number of carbonyl (C=O) groups is 1. The van der Waals surface area contributed by atoms with Gasteiger partial charge in [0.2, 0.25) is 0 Å². The third-order valence-corrected chi connectivity index (χ3v) is 2.06. The largest absolute Gasteiger partial charge is 0.493 e. The topological polar surface area (TPSA) is 73.6 Å². The molecule has 0 heterocycles. The molecule has 1 aromatic rings. The van der Waals surface area contributed by atoms with Gasteiger partial charge in [-0.3, -0.25) is 4.79 Å². The predicted octanol–water partition coefficient (Wildman–Crippen LogP) is 1.57. The van der Waals surface area contributed by atoms with E-state index in [0.29, 0.717) is 17.2 Å². The van der Waals surface area contributed by atoms with Crippen LogP contribution in [0.15, 0.2) is 18.2 Å². The second-order valence-electron chi connectivity index (χ2n) is 5.00. The Balaban J connectivity index is 2.63. The molecule has 100 valence electrons. The van der Waals surface area contributed by atoms with Gasteiger partial charge in [0.05, 0.1) is 7.11 Å². The molecule has 0 saturated heterocycles. The first-order valence-electron chi connectivity index (χ1n) is 5.69. The van der Waals surface area contributed by atoms with E-state index in [1.807, 2.05) is 20.8 Å². The molecule has 3 N–H and O–H groups in total. The lowest BCUT2D eigenvalue weighted by Gasteiger charge is -2.20. The highest BCUT2D eigenvalue weighted by molar-refractivity contribution is 5.78. The van der Waals surface area contributed by atoms with Gasteiger partial charge in [0.1, 0.15) is 0 Å². The van der Waals surface area contributed by atoms with Crippen molar-refractivity contribution in [1.82, 2.24) is 5.32 Å². The average molecular weight is 252 g/mol. The maximum Gasteiger partial charge on any atom is 0.258 e. The van der Waals surface area contributed by atoms with Crippen molar-refractivity contribution in [3.05, 3.63) is 18.2 Å². The maximum atomic E-state index is 11.6. The maximum absolute atomic E-state index is 11.6. The Hall–Kier alpha value is -1.91. The van der Waals surface area contributed by atoms with Crippen molar-refractivity contribution >= 4 is 11.6 Å². The molecule has 5 nitrogen and oxygen atoms in total. The molecule has 0 radical (unpaired) electrons. The highest BCUT2D eigenvalue weighted by atomic mass is 16.5. The van der Waals surface area contributed by atoms with E-state index in [1.165, 1.54) is 7.11 Å². The van der Waals surface area contributed by atoms with Crippen LogP contribution >= 0.6 is 0 Å². The number of nitrogen functional groups attached to an aromatic ring is 1. The number of amides is 1. The number of nitrogens with one attached hydrogen (secondary N) is 1. The SMILES string of the molecule is COc1ccc(N)cc1OCC(=O)NC(C)(C)C. The number of nitrogens with two attached hydrogens (primary N) is 1. The van der Waals surface area contributed by atoms with Gasteiger partial charge in [0.25, 0.3) is 5.91 Å². The van der Waals surface area contributed by atoms with Gasteiger partial charge >= 0.3 is 0 Å². The van der Waals surface area contributed by atoms with Gasteiger partial charge in [0.15, 0.2) is 18.1 Å². The average Bonchev–Trinajstić information content (AvgIpc) is 2.24. The van der Waals surface area contributed by atoms with Crippen LogP contribution in [-0.2, 0) is 4.79 Å². The van der Waals surface area contributed by atoms with Crippen LogP contribution < -0.4 is 20.5 Å². The fourth-order valence-corrected chi connectivity index (χ4v) is 1.40. The molecule has 0 aliphatic heterocycles. The molecule has 0 aromatic heterocycles. The number of methoxy groups -OCH3 is 1. The minimum atomic E-state index is -0.278. The van der Waals surface area contributed by atoms with Crippen molar-refractivity contribution in [2.75, 3.05) is 19.5 Å². The molecule has 0 saturated carbocycles. The van der Waals surface area contributed by atoms with E-state index >= 15 is 0 Å². The predicted molar refractivity (Wildman–Crippen MR) is 70.8 cm³/mol. The van der Waals surface area contributed by atoms with Crippen LogP contribution in [-0.4, -0.2) is 25.2 Å². The first-order valence-corrected chi connectivity index (χ1v) is 5.69. The summed E-state index contributed by atoms with van der Waals surface area (Å²) in [5.41, 5.74) is 5.93. The highest BCUT2D eigenvalue weighted by Gasteiger charge is 2.14. The van der Waals surface area contributed by atoms with Gasteiger partial charge in [-0.05, 0) is 32.9 Å². The lowest BCUT2D eigenvalue weighted by molar-refractivity contribution is -0.124. The van der Waals surface area contributed by atoms with Gasteiger partial charge in [-0.1, -0.05) is 0 Å². The van der Waals surface area contributed by atoms with Gasteiger partial charge in [-0.25, -0.2) is 0 Å². The summed E-state index contributed by atoms with van der Waals surface area (Å²) in [6.07, 6.45) is 0. The Morgan fingerprint density at radius 2 is 2.00 bits per heavy atom. The van der Waals surface area contributed by atoms with E-state index in [1.54, 1.807) is 18.2 Å². The van der Waals surface area contributed by atoms with Crippen LogP contribution in [0.25, 0.3) is 0 Å². The zero-order chi connectivity index (χ0) is 13.8. The molecule has 18 heavy (non-hydrogen) atoms. The van der Waals surface area contributed by atoms with E-state index in [0.717, 1.165) is 0 Å². The summed E-state index contributed by atoms with van der Waals surface area (Å²) >= 11 is 0. The third-order valence-electron chi connectivity index (χ3n) is 2.06. The van der Waals surface area contributed by atoms with Crippen LogP contribution in [0.5, 0.6) is 11.5 Å². The van der Waals surface area contributed by atoms with E-state index in [-0.39, 0.29) is 18.1 Å². The summed E-state index contributed by atoms with van der Waals surface area (Å²) in [5.74, 6) is 0.821. The van der Waals surface area contributed by atoms with Gasteiger partial charge < -0.3 is 20.5 Å². The lowest BCUT2D eigenvalue weighted by atomic mass is 10.1. The summed E-state index contributed by atoms with van der Waals surface area (Å²) in [7, 11) is 1.54. The Kier molecular flexibility index (Phi) is 4.42. The van der Waals surface area contributed by atoms with Crippen molar-refractivity contribution in [1.29, 1.82) is 0 Å². The number of anilines is 1. The minimum Gasteiger partial charge on any atom is -0.493 e. The molecule has 0 atom stereocenters. The third kappa shape index (κ3) is 4.53. The van der Waals surface area contributed by atoms with Crippen molar-refractivity contribution in [3.8, 4) is 11.5 Å². The fourth-order valence-electron chi connectivity index (χ4n) is 1.40. The Morgan fingerprint density at radius 1 is 1.33 bits per heavy atom. The first-order chi connectivity index (χ1) is 8.31. The molecule has 1 aromatic carbocycles. The number of rotatable bonds is 4. The minimum absolute atomic E-state index is 0.0723. The number of hydrogen-bond acceptors (Lipinski definition) is 4. The number of benzene rings is 1. The van der Waals surface area contributed by atoms with E-state index < -0.39 is 0 Å². The molecular formula is C13H20N2O3. The van der Waals surface area contributed by atoms with E-state index in [2.05, 4.69) is 5.32 Å². The number of hydrogen-bond donors (Lipinski definition) is 2. The van der Waals surface area contributed by atoms with Crippen LogP contribution in [0, 0.1) is 0 Å². The second-order valence-corrected chi connectivity index (χ2v) is 5.00. The number of ether oxygens (including phenoxy) is 2. The Bertz CT molecular complexity index is 425. The van der Waals surface area contributed by atoms with E-state index in [9.17, 15) is 4.79 Å². The fraction of sp³-hybridized carbons (Fsp3) is 0.462. The van der Waals surface area contributed by atoms with E-state index in [4.69, 9.17) is 15.2 Å². The van der Waals surface area contributed by atoms with Gasteiger partial charge in [0, 0.05) is 17.3 Å². The summed E-state index contributed by atoms with van der Waals surface area (Å²) in [6.45, 7) is 5.65. The van der Waals surface area contributed by atoms with Crippen molar-refractivity contribution in [3.63, 3.8) is 0 Å². The molecule has 0 spiro atoms. The second kappa shape index (κ2) is 5.62. The molecule has 1 amide bonds. The monoisotopic (exact) mass is 252 g/mol. The van der Waals surface area contributed by atoms with Crippen molar-refractivity contribution in [2.24, 2.45) is 0 Å². The normalized spacial score (nSPS) is 10.9. The number of carbonyl (C=O) groups excluding carboxylic acids is 1. The van der Waals surface area contributed by atoms with Crippen LogP contribution in [0.3, 0.4) is 0 Å². The lowest BCUT2D eigenvalue weighted by Crippen LogP contribution is -2.43. The standard InChI is InChI=1S/C13H20N2O3/c1-13(2,3)15-12(16)8-18-11-7-9(14)5-6-10(11)17-4/h5-7H,8,14H2,1-4H3,(H,15,16). The summed E-state index contributed by atoms with van der Waals surface area (Å²) < 4.78 is 10.5. The van der Waals surface area contributed by atoms with Gasteiger partial charge in [-0.2, -0.15) is 0 Å². The molecule has 0 unspecified atom stereocenters. The van der Waals surface area contributed by atoms with Crippen molar-refractivity contribution in [2.45, 2.75) is 26.3 Å². The van der Waals surface area contributed by atoms with Crippen molar-refractivity contribution < 1.29 is 14.3 Å². The molecule has 0 bridgehead atoms. The summed E-state index contributed by atoms with van der Waals surface area (Å²) in [6, 6.07) is 5.04. The zero-order valence-corrected chi connectivity index (χ0v) is 11.2.